The number of hydrogen-bond acceptors (Lipinski definition) is 6. The largest absolute Gasteiger partial charge is 0.351 e. The Bertz CT molecular complexity index is 1240. The highest BCUT2D eigenvalue weighted by Crippen LogP contribution is 2.50. The number of nitrogens with one attached hydrogen (secondary N) is 2. The van der Waals surface area contributed by atoms with Crippen LogP contribution >= 0.6 is 0 Å². The molecule has 35 heavy (non-hydrogen) atoms. The number of sulfonamides is 1. The fourth-order valence-corrected chi connectivity index (χ4v) is 8.08. The minimum Gasteiger partial charge on any atom is -0.351 e. The van der Waals surface area contributed by atoms with Gasteiger partial charge in [-0.15, -0.1) is 0 Å². The molecular weight excluding hydrogens is 472 g/mol. The van der Waals surface area contributed by atoms with E-state index in [4.69, 9.17) is 4.98 Å². The van der Waals surface area contributed by atoms with Crippen LogP contribution in [0.3, 0.4) is 0 Å². The normalized spacial score (nSPS) is 26.3. The third-order valence-corrected chi connectivity index (χ3v) is 11.5. The first kappa shape index (κ1) is 23.5. The van der Waals surface area contributed by atoms with Gasteiger partial charge in [0.05, 0.1) is 10.3 Å². The number of halogens is 2. The molecule has 2 N–H and O–H groups in total. The van der Waals surface area contributed by atoms with E-state index in [9.17, 15) is 17.2 Å². The summed E-state index contributed by atoms with van der Waals surface area (Å²) in [5.41, 5.74) is 1.99. The van der Waals surface area contributed by atoms with Crippen LogP contribution in [0.2, 0.25) is 0 Å². The van der Waals surface area contributed by atoms with E-state index < -0.39 is 21.2 Å². The molecule has 10 heteroatoms. The molecule has 0 bridgehead atoms. The number of aromatic nitrogens is 2. The highest BCUT2D eigenvalue weighted by Gasteiger charge is 2.53. The van der Waals surface area contributed by atoms with Gasteiger partial charge in [0, 0.05) is 49.4 Å². The Morgan fingerprint density at radius 3 is 2.49 bits per heavy atom. The van der Waals surface area contributed by atoms with Crippen LogP contribution in [0.5, 0.6) is 0 Å². The van der Waals surface area contributed by atoms with Crippen molar-refractivity contribution < 1.29 is 17.2 Å². The standard InChI is InChI=1S/C25H33F2N5O2S/c1-24(6-7-24)35(33,34)32-8-3-19(4-9-32)30-23-29-13-18-10-17(22(26)27)11-20(21(18)31-23)16-2-5-25(12-16)14-28-15-25/h10-11,13,16,19,22,28H,2-9,12,14-15H2,1H3,(H,29,30,31). The van der Waals surface area contributed by atoms with Gasteiger partial charge in [-0.05, 0) is 80.9 Å². The van der Waals surface area contributed by atoms with E-state index in [-0.39, 0.29) is 17.5 Å². The van der Waals surface area contributed by atoms with Crippen LogP contribution < -0.4 is 10.6 Å². The molecule has 1 unspecified atom stereocenters. The average Bonchev–Trinajstić information content (AvgIpc) is 3.41. The zero-order chi connectivity index (χ0) is 24.4. The molecule has 4 fully saturated rings. The minimum absolute atomic E-state index is 0.0300. The number of benzene rings is 1. The fraction of sp³-hybridized carbons (Fsp3) is 0.680. The van der Waals surface area contributed by atoms with Crippen molar-refractivity contribution in [3.63, 3.8) is 0 Å². The van der Waals surface area contributed by atoms with Crippen molar-refractivity contribution in [1.82, 2.24) is 19.6 Å². The molecule has 3 heterocycles. The molecule has 0 amide bonds. The fourth-order valence-electron chi connectivity index (χ4n) is 6.14. The highest BCUT2D eigenvalue weighted by molar-refractivity contribution is 7.90. The van der Waals surface area contributed by atoms with Crippen molar-refractivity contribution in [2.75, 3.05) is 31.5 Å². The van der Waals surface area contributed by atoms with Crippen LogP contribution in [-0.4, -0.2) is 59.7 Å². The third kappa shape index (κ3) is 4.11. The molecule has 7 nitrogen and oxygen atoms in total. The van der Waals surface area contributed by atoms with E-state index in [0.29, 0.717) is 42.7 Å². The van der Waals surface area contributed by atoms with Crippen molar-refractivity contribution in [3.05, 3.63) is 29.5 Å². The Labute approximate surface area is 205 Å². The van der Waals surface area contributed by atoms with Crippen LogP contribution in [0.15, 0.2) is 18.3 Å². The molecule has 1 aromatic carbocycles. The summed E-state index contributed by atoms with van der Waals surface area (Å²) < 4.78 is 54.0. The summed E-state index contributed by atoms with van der Waals surface area (Å²) in [5, 5.41) is 7.40. The van der Waals surface area contributed by atoms with Crippen LogP contribution in [0.4, 0.5) is 14.7 Å². The zero-order valence-electron chi connectivity index (χ0n) is 20.1. The minimum atomic E-state index is -3.24. The van der Waals surface area contributed by atoms with Crippen LogP contribution in [-0.2, 0) is 10.0 Å². The number of anilines is 1. The monoisotopic (exact) mass is 505 g/mol. The summed E-state index contributed by atoms with van der Waals surface area (Å²) in [6.07, 6.45) is 5.07. The Balaban J connectivity index is 1.22. The van der Waals surface area contributed by atoms with E-state index in [1.807, 2.05) is 6.92 Å². The molecule has 2 saturated heterocycles. The van der Waals surface area contributed by atoms with Gasteiger partial charge in [0.1, 0.15) is 0 Å². The molecule has 0 radical (unpaired) electrons. The van der Waals surface area contributed by atoms with Gasteiger partial charge >= 0.3 is 0 Å². The van der Waals surface area contributed by atoms with Gasteiger partial charge in [-0.25, -0.2) is 31.5 Å². The summed E-state index contributed by atoms with van der Waals surface area (Å²) in [7, 11) is -3.24. The van der Waals surface area contributed by atoms with Gasteiger partial charge in [0.15, 0.2) is 0 Å². The average molecular weight is 506 g/mol. The maximum atomic E-state index is 13.7. The van der Waals surface area contributed by atoms with E-state index in [1.54, 1.807) is 16.6 Å². The van der Waals surface area contributed by atoms with Gasteiger partial charge < -0.3 is 10.6 Å². The quantitative estimate of drug-likeness (QED) is 0.613. The first-order valence-electron chi connectivity index (χ1n) is 12.7. The molecule has 6 rings (SSSR count). The first-order chi connectivity index (χ1) is 16.7. The predicted molar refractivity (Wildman–Crippen MR) is 131 cm³/mol. The number of rotatable bonds is 6. The number of hydrogen-bond donors (Lipinski definition) is 2. The summed E-state index contributed by atoms with van der Waals surface area (Å²) in [6, 6.07) is 3.23. The van der Waals surface area contributed by atoms with E-state index >= 15 is 0 Å². The molecule has 2 aromatic rings. The van der Waals surface area contributed by atoms with Crippen molar-refractivity contribution in [2.45, 2.75) is 75.0 Å². The lowest BCUT2D eigenvalue weighted by atomic mass is 9.78. The maximum absolute atomic E-state index is 13.7. The first-order valence-corrected chi connectivity index (χ1v) is 14.2. The zero-order valence-corrected chi connectivity index (χ0v) is 20.9. The Morgan fingerprint density at radius 1 is 1.14 bits per heavy atom. The second-order valence-corrected chi connectivity index (χ2v) is 13.8. The smallest absolute Gasteiger partial charge is 0.263 e. The van der Waals surface area contributed by atoms with Crippen LogP contribution in [0.1, 0.15) is 75.3 Å². The lowest BCUT2D eigenvalue weighted by molar-refractivity contribution is 0.151. The van der Waals surface area contributed by atoms with Gasteiger partial charge in [-0.1, -0.05) is 0 Å². The summed E-state index contributed by atoms with van der Waals surface area (Å²) in [5.74, 6) is 0.704. The second kappa shape index (κ2) is 8.31. The van der Waals surface area contributed by atoms with Crippen LogP contribution in [0.25, 0.3) is 10.9 Å². The number of alkyl halides is 2. The molecule has 2 saturated carbocycles. The molecule has 1 aromatic heterocycles. The second-order valence-electron chi connectivity index (χ2n) is 11.4. The molecule has 4 aliphatic rings. The van der Waals surface area contributed by atoms with Crippen molar-refractivity contribution in [3.8, 4) is 0 Å². The summed E-state index contributed by atoms with van der Waals surface area (Å²) in [6.45, 7) is 4.83. The molecular formula is C25H33F2N5O2S. The number of nitrogens with zero attached hydrogens (tertiary/aromatic N) is 3. The van der Waals surface area contributed by atoms with Gasteiger partial charge in [-0.2, -0.15) is 0 Å². The lowest BCUT2D eigenvalue weighted by Gasteiger charge is -2.39. The van der Waals surface area contributed by atoms with Gasteiger partial charge in [-0.3, -0.25) is 0 Å². The molecule has 2 aliphatic heterocycles. The summed E-state index contributed by atoms with van der Waals surface area (Å²) >= 11 is 0. The van der Waals surface area contributed by atoms with Crippen LogP contribution in [0, 0.1) is 5.41 Å². The Kier molecular flexibility index (Phi) is 5.58. The summed E-state index contributed by atoms with van der Waals surface area (Å²) in [4.78, 5) is 9.24. The number of piperidine rings is 1. The van der Waals surface area contributed by atoms with Crippen molar-refractivity contribution >= 4 is 26.9 Å². The maximum Gasteiger partial charge on any atom is 0.263 e. The predicted octanol–water partition coefficient (Wildman–Crippen LogP) is 4.18. The van der Waals surface area contributed by atoms with Crippen molar-refractivity contribution in [2.24, 2.45) is 5.41 Å². The lowest BCUT2D eigenvalue weighted by Crippen LogP contribution is -2.51. The Hall–Kier alpha value is -1.91. The number of fused-ring (bicyclic) bond motifs is 1. The third-order valence-electron chi connectivity index (χ3n) is 8.83. The van der Waals surface area contributed by atoms with Gasteiger partial charge in [0.25, 0.3) is 6.43 Å². The topological polar surface area (TPSA) is 87.2 Å². The molecule has 1 atom stereocenters. The van der Waals surface area contributed by atoms with Crippen molar-refractivity contribution in [1.29, 1.82) is 0 Å². The van der Waals surface area contributed by atoms with E-state index in [2.05, 4.69) is 15.6 Å². The molecule has 2 aliphatic carbocycles. The highest BCUT2D eigenvalue weighted by atomic mass is 32.2. The van der Waals surface area contributed by atoms with E-state index in [1.165, 1.54) is 6.07 Å². The SMILES string of the molecule is CC1(S(=O)(=O)N2CCC(Nc3ncc4cc(C(F)F)cc(C5CCC6(CNC6)C5)c4n3)CC2)CC1. The Morgan fingerprint density at radius 2 is 1.89 bits per heavy atom. The molecule has 190 valence electrons. The van der Waals surface area contributed by atoms with Gasteiger partial charge in [0.2, 0.25) is 16.0 Å². The van der Waals surface area contributed by atoms with E-state index in [0.717, 1.165) is 56.3 Å². The molecule has 1 spiro atoms.